The van der Waals surface area contributed by atoms with E-state index in [1.807, 2.05) is 0 Å². The summed E-state index contributed by atoms with van der Waals surface area (Å²) in [6, 6.07) is 0. The number of hydrogen-bond donors (Lipinski definition) is 0. The van der Waals surface area contributed by atoms with Crippen LogP contribution in [0.2, 0.25) is 0 Å². The largest absolute Gasteiger partial charge is 0.247 e. The molecule has 1 atom stereocenters. The van der Waals surface area contributed by atoms with E-state index >= 15 is 0 Å². The van der Waals surface area contributed by atoms with Crippen molar-refractivity contribution in [2.45, 2.75) is 117 Å². The van der Waals surface area contributed by atoms with E-state index < -0.39 is 11.8 Å². The van der Waals surface area contributed by atoms with E-state index in [0.29, 0.717) is 6.42 Å². The summed E-state index contributed by atoms with van der Waals surface area (Å²) >= 11 is 0. The Morgan fingerprint density at radius 1 is 0.667 bits per heavy atom. The van der Waals surface area contributed by atoms with Gasteiger partial charge in [0.15, 0.2) is 0 Å². The van der Waals surface area contributed by atoms with E-state index in [-0.39, 0.29) is 0 Å². The quantitative estimate of drug-likeness (QED) is 0.271. The Morgan fingerprint density at radius 3 is 1.33 bits per heavy atom. The highest BCUT2D eigenvalue weighted by molar-refractivity contribution is 4.67. The van der Waals surface area contributed by atoms with Crippen LogP contribution in [-0.4, -0.2) is 5.92 Å². The van der Waals surface area contributed by atoms with Crippen molar-refractivity contribution in [1.82, 2.24) is 0 Å². The van der Waals surface area contributed by atoms with Gasteiger partial charge in [0.25, 0.3) is 0 Å². The Kier molecular flexibility index (Phi) is 13.4. The van der Waals surface area contributed by atoms with E-state index in [0.717, 1.165) is 19.8 Å². The summed E-state index contributed by atoms with van der Waals surface area (Å²) in [5.41, 5.74) is 0. The van der Waals surface area contributed by atoms with Gasteiger partial charge in [-0.3, -0.25) is 0 Å². The van der Waals surface area contributed by atoms with Gasteiger partial charge >= 0.3 is 0 Å². The molecule has 0 aliphatic carbocycles. The van der Waals surface area contributed by atoms with Gasteiger partial charge in [-0.15, -0.1) is 0 Å². The van der Waals surface area contributed by atoms with Gasteiger partial charge in [0.2, 0.25) is 5.92 Å². The highest BCUT2D eigenvalue weighted by atomic mass is 19.3. The van der Waals surface area contributed by atoms with Crippen molar-refractivity contribution < 1.29 is 8.78 Å². The standard InChI is InChI=1S/C19H38F2/c1-4-5-6-7-8-9-10-11-12-13-14-15-16-17-18(2)19(3,20)21/h18H,4-17H2,1-3H3. The Balaban J connectivity index is 3.13. The van der Waals surface area contributed by atoms with Crippen LogP contribution in [0.1, 0.15) is 111 Å². The third-order valence-electron chi connectivity index (χ3n) is 4.61. The molecule has 0 N–H and O–H groups in total. The van der Waals surface area contributed by atoms with Gasteiger partial charge in [-0.2, -0.15) is 0 Å². The molecule has 0 aliphatic rings. The first-order chi connectivity index (χ1) is 9.98. The zero-order chi connectivity index (χ0) is 16.0. The third kappa shape index (κ3) is 14.6. The minimum atomic E-state index is -2.50. The molecule has 0 rings (SSSR count). The first-order valence-corrected chi connectivity index (χ1v) is 9.36. The third-order valence-corrected chi connectivity index (χ3v) is 4.61. The molecule has 1 unspecified atom stereocenters. The minimum Gasteiger partial charge on any atom is -0.207 e. The van der Waals surface area contributed by atoms with Gasteiger partial charge in [-0.25, -0.2) is 8.78 Å². The fourth-order valence-electron chi connectivity index (χ4n) is 2.72. The summed E-state index contributed by atoms with van der Waals surface area (Å²) in [7, 11) is 0. The summed E-state index contributed by atoms with van der Waals surface area (Å²) < 4.78 is 25.9. The SMILES string of the molecule is CCCCCCCCCCCCCCCC(C)C(C)(F)F. The lowest BCUT2D eigenvalue weighted by Gasteiger charge is -2.18. The highest BCUT2D eigenvalue weighted by Crippen LogP contribution is 2.27. The molecule has 2 heteroatoms. The van der Waals surface area contributed by atoms with Crippen molar-refractivity contribution >= 4 is 0 Å². The molecule has 0 saturated heterocycles. The second kappa shape index (κ2) is 13.5. The van der Waals surface area contributed by atoms with Crippen LogP contribution in [0.5, 0.6) is 0 Å². The van der Waals surface area contributed by atoms with Crippen molar-refractivity contribution in [2.24, 2.45) is 5.92 Å². The Bertz CT molecular complexity index is 208. The second-order valence-electron chi connectivity index (χ2n) is 6.89. The fraction of sp³-hybridized carbons (Fsp3) is 1.00. The van der Waals surface area contributed by atoms with Crippen LogP contribution < -0.4 is 0 Å². The molecule has 0 saturated carbocycles. The lowest BCUT2D eigenvalue weighted by atomic mass is 9.97. The summed E-state index contributed by atoms with van der Waals surface area (Å²) in [6.45, 7) is 4.97. The zero-order valence-electron chi connectivity index (χ0n) is 14.7. The van der Waals surface area contributed by atoms with Gasteiger partial charge < -0.3 is 0 Å². The van der Waals surface area contributed by atoms with Crippen LogP contribution in [0.4, 0.5) is 8.78 Å². The van der Waals surface area contributed by atoms with Gasteiger partial charge in [0.05, 0.1) is 0 Å². The number of unbranched alkanes of at least 4 members (excludes halogenated alkanes) is 12. The molecule has 0 aliphatic heterocycles. The fourth-order valence-corrected chi connectivity index (χ4v) is 2.72. The number of halogens is 2. The molecule has 0 fully saturated rings. The molecule has 0 heterocycles. The number of hydrogen-bond acceptors (Lipinski definition) is 0. The molecular formula is C19H38F2. The van der Waals surface area contributed by atoms with Crippen LogP contribution in [0.3, 0.4) is 0 Å². The normalized spacial score (nSPS) is 13.6. The first kappa shape index (κ1) is 20.9. The van der Waals surface area contributed by atoms with E-state index in [1.54, 1.807) is 6.92 Å². The maximum atomic E-state index is 13.0. The zero-order valence-corrected chi connectivity index (χ0v) is 14.7. The van der Waals surface area contributed by atoms with Gasteiger partial charge in [0.1, 0.15) is 0 Å². The first-order valence-electron chi connectivity index (χ1n) is 9.36. The predicted molar refractivity (Wildman–Crippen MR) is 90.1 cm³/mol. The van der Waals surface area contributed by atoms with Crippen molar-refractivity contribution in [1.29, 1.82) is 0 Å². The summed E-state index contributed by atoms with van der Waals surface area (Å²) in [6.07, 6.45) is 17.7. The number of alkyl halides is 2. The second-order valence-corrected chi connectivity index (χ2v) is 6.89. The van der Waals surface area contributed by atoms with E-state index in [9.17, 15) is 8.78 Å². The van der Waals surface area contributed by atoms with Crippen LogP contribution in [0.25, 0.3) is 0 Å². The van der Waals surface area contributed by atoms with E-state index in [4.69, 9.17) is 0 Å². The maximum absolute atomic E-state index is 13.0. The Hall–Kier alpha value is -0.140. The van der Waals surface area contributed by atoms with Crippen LogP contribution in [-0.2, 0) is 0 Å². The average molecular weight is 305 g/mol. The smallest absolute Gasteiger partial charge is 0.207 e. The van der Waals surface area contributed by atoms with Crippen molar-refractivity contribution in [2.75, 3.05) is 0 Å². The van der Waals surface area contributed by atoms with Crippen LogP contribution >= 0.6 is 0 Å². The lowest BCUT2D eigenvalue weighted by Crippen LogP contribution is -2.21. The molecule has 0 amide bonds. The Morgan fingerprint density at radius 2 is 1.00 bits per heavy atom. The van der Waals surface area contributed by atoms with Crippen molar-refractivity contribution in [3.05, 3.63) is 0 Å². The minimum absolute atomic E-state index is 0.467. The molecule has 0 aromatic carbocycles. The molecule has 0 bridgehead atoms. The summed E-state index contributed by atoms with van der Waals surface area (Å²) in [5, 5.41) is 0. The summed E-state index contributed by atoms with van der Waals surface area (Å²) in [5.74, 6) is -2.97. The topological polar surface area (TPSA) is 0 Å². The van der Waals surface area contributed by atoms with E-state index in [2.05, 4.69) is 6.92 Å². The van der Waals surface area contributed by atoms with Crippen molar-refractivity contribution in [3.8, 4) is 0 Å². The molecule has 0 radical (unpaired) electrons. The molecule has 0 nitrogen and oxygen atoms in total. The van der Waals surface area contributed by atoms with E-state index in [1.165, 1.54) is 70.6 Å². The lowest BCUT2D eigenvalue weighted by molar-refractivity contribution is -0.0360. The molecule has 128 valence electrons. The maximum Gasteiger partial charge on any atom is 0.247 e. The molecule has 0 spiro atoms. The molecule has 0 aromatic heterocycles. The van der Waals surface area contributed by atoms with Crippen LogP contribution in [0, 0.1) is 5.92 Å². The Labute approximate surface area is 132 Å². The molecule has 21 heavy (non-hydrogen) atoms. The van der Waals surface area contributed by atoms with Gasteiger partial charge in [-0.1, -0.05) is 97.3 Å². The van der Waals surface area contributed by atoms with Gasteiger partial charge in [0, 0.05) is 5.92 Å². The average Bonchev–Trinajstić information content (AvgIpc) is 2.42. The summed E-state index contributed by atoms with van der Waals surface area (Å²) in [4.78, 5) is 0. The monoisotopic (exact) mass is 304 g/mol. The highest BCUT2D eigenvalue weighted by Gasteiger charge is 2.29. The van der Waals surface area contributed by atoms with Gasteiger partial charge in [-0.05, 0) is 13.3 Å². The predicted octanol–water partition coefficient (Wildman–Crippen LogP) is 7.76. The van der Waals surface area contributed by atoms with Crippen molar-refractivity contribution in [3.63, 3.8) is 0 Å². The molecular weight excluding hydrogens is 266 g/mol. The molecule has 0 aromatic rings. The number of rotatable bonds is 15. The van der Waals surface area contributed by atoms with Crippen LogP contribution in [0.15, 0.2) is 0 Å².